The molecule has 0 amide bonds. The zero-order valence-electron chi connectivity index (χ0n) is 8.81. The Morgan fingerprint density at radius 2 is 1.46 bits per heavy atom. The van der Waals surface area contributed by atoms with Crippen LogP contribution in [0.3, 0.4) is 0 Å². The second-order valence-corrected chi connectivity index (χ2v) is 4.25. The standard InChI is InChI=1S/C11H18N2/c1-7-5-9(11(3,4)13)6-8(2)10(7)12/h5-6H,12-13H2,1-4H3. The zero-order chi connectivity index (χ0) is 10.2. The third kappa shape index (κ3) is 2.01. The normalized spacial score (nSPS) is 11.8. The second-order valence-electron chi connectivity index (χ2n) is 4.25. The first-order chi connectivity index (χ1) is 5.82. The lowest BCUT2D eigenvalue weighted by molar-refractivity contribution is 0.553. The average Bonchev–Trinajstić information content (AvgIpc) is 1.97. The van der Waals surface area contributed by atoms with Crippen molar-refractivity contribution in [1.29, 1.82) is 0 Å². The van der Waals surface area contributed by atoms with E-state index in [1.54, 1.807) is 0 Å². The molecule has 0 radical (unpaired) electrons. The van der Waals surface area contributed by atoms with Gasteiger partial charge in [-0.3, -0.25) is 0 Å². The maximum Gasteiger partial charge on any atom is 0.0373 e. The number of benzene rings is 1. The third-order valence-corrected chi connectivity index (χ3v) is 2.34. The monoisotopic (exact) mass is 178 g/mol. The molecule has 4 N–H and O–H groups in total. The SMILES string of the molecule is Cc1cc(C(C)(C)N)cc(C)c1N. The van der Waals surface area contributed by atoms with E-state index in [0.29, 0.717) is 0 Å². The van der Waals surface area contributed by atoms with E-state index in [0.717, 1.165) is 22.4 Å². The summed E-state index contributed by atoms with van der Waals surface area (Å²) in [6.07, 6.45) is 0. The summed E-state index contributed by atoms with van der Waals surface area (Å²) in [4.78, 5) is 0. The molecule has 1 aromatic rings. The fraction of sp³-hybridized carbons (Fsp3) is 0.455. The molecular formula is C11H18N2. The molecule has 0 fully saturated rings. The van der Waals surface area contributed by atoms with Gasteiger partial charge in [-0.2, -0.15) is 0 Å². The molecule has 1 aromatic carbocycles. The molecule has 0 spiro atoms. The van der Waals surface area contributed by atoms with Crippen LogP contribution in [0.5, 0.6) is 0 Å². The molecule has 0 bridgehead atoms. The van der Waals surface area contributed by atoms with Crippen molar-refractivity contribution < 1.29 is 0 Å². The van der Waals surface area contributed by atoms with Gasteiger partial charge in [-0.25, -0.2) is 0 Å². The average molecular weight is 178 g/mol. The van der Waals surface area contributed by atoms with Gasteiger partial charge >= 0.3 is 0 Å². The first kappa shape index (κ1) is 10.1. The molecule has 0 heterocycles. The molecule has 0 atom stereocenters. The van der Waals surface area contributed by atoms with Crippen molar-refractivity contribution in [1.82, 2.24) is 0 Å². The van der Waals surface area contributed by atoms with Gasteiger partial charge < -0.3 is 11.5 Å². The zero-order valence-corrected chi connectivity index (χ0v) is 8.81. The van der Waals surface area contributed by atoms with Crippen LogP contribution in [0.25, 0.3) is 0 Å². The van der Waals surface area contributed by atoms with E-state index >= 15 is 0 Å². The summed E-state index contributed by atoms with van der Waals surface area (Å²) in [5, 5.41) is 0. The summed E-state index contributed by atoms with van der Waals surface area (Å²) in [6, 6.07) is 4.12. The molecule has 0 aromatic heterocycles. The molecule has 0 saturated carbocycles. The second kappa shape index (κ2) is 3.04. The molecular weight excluding hydrogens is 160 g/mol. The molecule has 2 nitrogen and oxygen atoms in total. The largest absolute Gasteiger partial charge is 0.398 e. The van der Waals surface area contributed by atoms with Crippen LogP contribution in [0.2, 0.25) is 0 Å². The van der Waals surface area contributed by atoms with E-state index in [2.05, 4.69) is 12.1 Å². The molecule has 0 aliphatic rings. The van der Waals surface area contributed by atoms with Gasteiger partial charge in [0.1, 0.15) is 0 Å². The summed E-state index contributed by atoms with van der Waals surface area (Å²) >= 11 is 0. The minimum absolute atomic E-state index is 0.288. The van der Waals surface area contributed by atoms with Crippen molar-refractivity contribution in [3.8, 4) is 0 Å². The van der Waals surface area contributed by atoms with Crippen LogP contribution >= 0.6 is 0 Å². The van der Waals surface area contributed by atoms with Crippen molar-refractivity contribution in [2.24, 2.45) is 5.73 Å². The number of aryl methyl sites for hydroxylation is 2. The molecule has 1 rings (SSSR count). The van der Waals surface area contributed by atoms with Gasteiger partial charge in [0.15, 0.2) is 0 Å². The Kier molecular flexibility index (Phi) is 2.35. The maximum absolute atomic E-state index is 6.00. The van der Waals surface area contributed by atoms with Crippen LogP contribution < -0.4 is 11.5 Å². The topological polar surface area (TPSA) is 52.0 Å². The Bertz CT molecular complexity index is 298. The molecule has 0 unspecified atom stereocenters. The number of nitrogen functional groups attached to an aromatic ring is 1. The Hall–Kier alpha value is -1.02. The van der Waals surface area contributed by atoms with Crippen molar-refractivity contribution >= 4 is 5.69 Å². The highest BCUT2D eigenvalue weighted by atomic mass is 14.7. The molecule has 13 heavy (non-hydrogen) atoms. The van der Waals surface area contributed by atoms with E-state index in [9.17, 15) is 0 Å². The summed E-state index contributed by atoms with van der Waals surface area (Å²) < 4.78 is 0. The van der Waals surface area contributed by atoms with E-state index in [1.807, 2.05) is 27.7 Å². The predicted molar refractivity (Wildman–Crippen MR) is 57.5 cm³/mol. The Morgan fingerprint density at radius 3 is 1.77 bits per heavy atom. The van der Waals surface area contributed by atoms with E-state index in [1.165, 1.54) is 0 Å². The quantitative estimate of drug-likeness (QED) is 0.647. The third-order valence-electron chi connectivity index (χ3n) is 2.34. The Morgan fingerprint density at radius 1 is 1.08 bits per heavy atom. The van der Waals surface area contributed by atoms with Gasteiger partial charge in [0.25, 0.3) is 0 Å². The van der Waals surface area contributed by atoms with Crippen LogP contribution in [0.4, 0.5) is 5.69 Å². The Balaban J connectivity index is 3.29. The van der Waals surface area contributed by atoms with Crippen molar-refractivity contribution in [3.63, 3.8) is 0 Å². The number of hydrogen-bond donors (Lipinski definition) is 2. The maximum atomic E-state index is 6.00. The molecule has 72 valence electrons. The van der Waals surface area contributed by atoms with Crippen LogP contribution in [-0.2, 0) is 5.54 Å². The summed E-state index contributed by atoms with van der Waals surface area (Å²) in [7, 11) is 0. The highest BCUT2D eigenvalue weighted by Crippen LogP contribution is 2.24. The van der Waals surface area contributed by atoms with Crippen molar-refractivity contribution in [2.45, 2.75) is 33.2 Å². The van der Waals surface area contributed by atoms with E-state index in [-0.39, 0.29) is 5.54 Å². The van der Waals surface area contributed by atoms with Crippen LogP contribution in [0.1, 0.15) is 30.5 Å². The Labute approximate surface area is 79.9 Å². The fourth-order valence-electron chi connectivity index (χ4n) is 1.35. The minimum Gasteiger partial charge on any atom is -0.398 e. The summed E-state index contributed by atoms with van der Waals surface area (Å²) in [5.41, 5.74) is 15.8. The fourth-order valence-corrected chi connectivity index (χ4v) is 1.35. The molecule has 0 aliphatic heterocycles. The summed E-state index contributed by atoms with van der Waals surface area (Å²) in [6.45, 7) is 8.02. The predicted octanol–water partition coefficient (Wildman–Crippen LogP) is 2.08. The first-order valence-corrected chi connectivity index (χ1v) is 4.48. The van der Waals surface area contributed by atoms with E-state index < -0.39 is 0 Å². The van der Waals surface area contributed by atoms with Gasteiger partial charge in [-0.15, -0.1) is 0 Å². The van der Waals surface area contributed by atoms with Gasteiger partial charge in [0.05, 0.1) is 0 Å². The smallest absolute Gasteiger partial charge is 0.0373 e. The van der Waals surface area contributed by atoms with Crippen molar-refractivity contribution in [2.75, 3.05) is 5.73 Å². The van der Waals surface area contributed by atoms with Crippen molar-refractivity contribution in [3.05, 3.63) is 28.8 Å². The number of anilines is 1. The van der Waals surface area contributed by atoms with Crippen LogP contribution in [-0.4, -0.2) is 0 Å². The molecule has 0 saturated heterocycles. The van der Waals surface area contributed by atoms with Gasteiger partial charge in [0.2, 0.25) is 0 Å². The first-order valence-electron chi connectivity index (χ1n) is 4.48. The number of nitrogens with two attached hydrogens (primary N) is 2. The number of rotatable bonds is 1. The van der Waals surface area contributed by atoms with Gasteiger partial charge in [-0.1, -0.05) is 12.1 Å². The van der Waals surface area contributed by atoms with Gasteiger partial charge in [0, 0.05) is 11.2 Å². The lowest BCUT2D eigenvalue weighted by Crippen LogP contribution is -2.28. The van der Waals surface area contributed by atoms with Gasteiger partial charge in [-0.05, 0) is 44.4 Å². The van der Waals surface area contributed by atoms with Crippen LogP contribution in [0, 0.1) is 13.8 Å². The lowest BCUT2D eigenvalue weighted by Gasteiger charge is -2.21. The minimum atomic E-state index is -0.288. The molecule has 0 aliphatic carbocycles. The molecule has 2 heteroatoms. The van der Waals surface area contributed by atoms with Crippen LogP contribution in [0.15, 0.2) is 12.1 Å². The number of hydrogen-bond acceptors (Lipinski definition) is 2. The lowest BCUT2D eigenvalue weighted by atomic mass is 9.92. The highest BCUT2D eigenvalue weighted by molar-refractivity contribution is 5.55. The highest BCUT2D eigenvalue weighted by Gasteiger charge is 2.15. The van der Waals surface area contributed by atoms with E-state index in [4.69, 9.17) is 11.5 Å². The summed E-state index contributed by atoms with van der Waals surface area (Å²) in [5.74, 6) is 0.